The van der Waals surface area contributed by atoms with Gasteiger partial charge < -0.3 is 10.2 Å². The second-order valence-corrected chi connectivity index (χ2v) is 9.73. The van der Waals surface area contributed by atoms with E-state index in [0.717, 1.165) is 61.6 Å². The SMILES string of the molecule is O=C1CC2CCCCN2CCCCN(C(=O)Cc2csc(-c3ccccc3)n2)CCCN1. The van der Waals surface area contributed by atoms with Crippen molar-refractivity contribution in [1.82, 2.24) is 20.1 Å². The fraction of sp³-hybridized carbons (Fsp3) is 0.560. The molecule has 2 aromatic rings. The van der Waals surface area contributed by atoms with E-state index in [1.807, 2.05) is 40.6 Å². The Kier molecular flexibility index (Phi) is 8.29. The summed E-state index contributed by atoms with van der Waals surface area (Å²) in [5.41, 5.74) is 1.93. The molecule has 1 unspecified atom stereocenters. The van der Waals surface area contributed by atoms with E-state index in [0.29, 0.717) is 32.0 Å². The predicted molar refractivity (Wildman–Crippen MR) is 129 cm³/mol. The number of rotatable bonds is 3. The molecule has 1 aromatic carbocycles. The molecule has 1 aromatic heterocycles. The van der Waals surface area contributed by atoms with Gasteiger partial charge in [0, 0.05) is 43.0 Å². The van der Waals surface area contributed by atoms with Gasteiger partial charge in [-0.05, 0) is 45.2 Å². The number of benzene rings is 1. The Labute approximate surface area is 195 Å². The number of thiazole rings is 1. The van der Waals surface area contributed by atoms with E-state index in [1.165, 1.54) is 12.8 Å². The summed E-state index contributed by atoms with van der Waals surface area (Å²) in [6, 6.07) is 10.5. The Bertz CT molecular complexity index is 885. The first-order valence-electron chi connectivity index (χ1n) is 12.0. The average molecular weight is 455 g/mol. The normalized spacial score (nSPS) is 21.6. The molecule has 0 spiro atoms. The lowest BCUT2D eigenvalue weighted by atomic mass is 9.98. The van der Waals surface area contributed by atoms with E-state index < -0.39 is 0 Å². The highest BCUT2D eigenvalue weighted by atomic mass is 32.1. The molecule has 172 valence electrons. The van der Waals surface area contributed by atoms with E-state index in [2.05, 4.69) is 10.2 Å². The summed E-state index contributed by atoms with van der Waals surface area (Å²) in [7, 11) is 0. The maximum Gasteiger partial charge on any atom is 0.228 e. The minimum Gasteiger partial charge on any atom is -0.356 e. The molecule has 2 amide bonds. The fourth-order valence-corrected chi connectivity index (χ4v) is 5.54. The molecular formula is C25H34N4O2S. The number of nitrogens with zero attached hydrogens (tertiary/aromatic N) is 3. The van der Waals surface area contributed by atoms with Gasteiger partial charge in [-0.2, -0.15) is 0 Å². The second-order valence-electron chi connectivity index (χ2n) is 8.87. The number of amides is 2. The van der Waals surface area contributed by atoms with Crippen molar-refractivity contribution in [3.8, 4) is 10.6 Å². The van der Waals surface area contributed by atoms with Gasteiger partial charge in [-0.3, -0.25) is 14.5 Å². The van der Waals surface area contributed by atoms with E-state index in [9.17, 15) is 9.59 Å². The van der Waals surface area contributed by atoms with Crippen molar-refractivity contribution in [2.75, 3.05) is 32.7 Å². The number of nitrogens with one attached hydrogen (secondary N) is 1. The summed E-state index contributed by atoms with van der Waals surface area (Å²) in [5.74, 6) is 0.280. The molecule has 0 saturated carbocycles. The van der Waals surface area contributed by atoms with Crippen LogP contribution in [0.1, 0.15) is 50.6 Å². The predicted octanol–water partition coefficient (Wildman–Crippen LogP) is 3.73. The van der Waals surface area contributed by atoms with Crippen LogP contribution in [0.2, 0.25) is 0 Å². The van der Waals surface area contributed by atoms with Crippen molar-refractivity contribution < 1.29 is 9.59 Å². The molecule has 0 bridgehead atoms. The lowest BCUT2D eigenvalue weighted by Gasteiger charge is -2.35. The zero-order valence-corrected chi connectivity index (χ0v) is 19.6. The minimum absolute atomic E-state index is 0.131. The Morgan fingerprint density at radius 3 is 2.62 bits per heavy atom. The van der Waals surface area contributed by atoms with Gasteiger partial charge in [0.15, 0.2) is 0 Å². The molecule has 0 radical (unpaired) electrons. The molecule has 4 rings (SSSR count). The van der Waals surface area contributed by atoms with Crippen molar-refractivity contribution in [1.29, 1.82) is 0 Å². The van der Waals surface area contributed by atoms with Crippen LogP contribution < -0.4 is 5.32 Å². The van der Waals surface area contributed by atoms with Crippen LogP contribution in [0, 0.1) is 0 Å². The number of carbonyl (C=O) groups is 2. The summed E-state index contributed by atoms with van der Waals surface area (Å²) >= 11 is 1.59. The number of carbonyl (C=O) groups excluding carboxylic acids is 2. The molecule has 32 heavy (non-hydrogen) atoms. The summed E-state index contributed by atoms with van der Waals surface area (Å²) < 4.78 is 0. The van der Waals surface area contributed by atoms with Crippen LogP contribution in [0.4, 0.5) is 0 Å². The minimum atomic E-state index is 0.131. The lowest BCUT2D eigenvalue weighted by molar-refractivity contribution is -0.130. The Balaban J connectivity index is 1.35. The molecule has 1 atom stereocenters. The molecular weight excluding hydrogens is 420 g/mol. The van der Waals surface area contributed by atoms with E-state index in [-0.39, 0.29) is 11.8 Å². The molecule has 2 fully saturated rings. The first kappa shape index (κ1) is 22.9. The van der Waals surface area contributed by atoms with Crippen LogP contribution in [0.3, 0.4) is 0 Å². The first-order valence-corrected chi connectivity index (χ1v) is 12.9. The molecule has 2 aliphatic rings. The van der Waals surface area contributed by atoms with Crippen molar-refractivity contribution in [2.24, 2.45) is 0 Å². The van der Waals surface area contributed by atoms with Gasteiger partial charge in [-0.25, -0.2) is 4.98 Å². The van der Waals surface area contributed by atoms with Crippen LogP contribution in [0.5, 0.6) is 0 Å². The third kappa shape index (κ3) is 6.39. The maximum absolute atomic E-state index is 13.1. The highest BCUT2D eigenvalue weighted by molar-refractivity contribution is 7.13. The van der Waals surface area contributed by atoms with Gasteiger partial charge in [0.25, 0.3) is 0 Å². The standard InChI is InChI=1S/C25H34N4O2S/c30-23-18-22-11-4-5-13-28(22)14-6-7-15-29(16-8-12-26-23)24(31)17-21-19-32-25(27-21)20-9-2-1-3-10-20/h1-3,9-10,19,22H,4-8,11-18H2,(H,26,30). The quantitative estimate of drug-likeness (QED) is 0.768. The largest absolute Gasteiger partial charge is 0.356 e. The first-order chi connectivity index (χ1) is 15.7. The van der Waals surface area contributed by atoms with E-state index >= 15 is 0 Å². The van der Waals surface area contributed by atoms with Gasteiger partial charge >= 0.3 is 0 Å². The van der Waals surface area contributed by atoms with Crippen molar-refractivity contribution in [3.05, 3.63) is 41.4 Å². The summed E-state index contributed by atoms with van der Waals surface area (Å²) in [6.07, 6.45) is 7.37. The maximum atomic E-state index is 13.1. The molecule has 6 nitrogen and oxygen atoms in total. The topological polar surface area (TPSA) is 65.5 Å². The Hall–Kier alpha value is -2.25. The summed E-state index contributed by atoms with van der Waals surface area (Å²) in [5, 5.41) is 6.02. The zero-order valence-electron chi connectivity index (χ0n) is 18.8. The second kappa shape index (κ2) is 11.6. The third-order valence-electron chi connectivity index (χ3n) is 6.48. The zero-order chi connectivity index (χ0) is 22.2. The third-order valence-corrected chi connectivity index (χ3v) is 7.42. The monoisotopic (exact) mass is 454 g/mol. The molecule has 2 aliphatic heterocycles. The van der Waals surface area contributed by atoms with Crippen LogP contribution >= 0.6 is 11.3 Å². The van der Waals surface area contributed by atoms with E-state index in [4.69, 9.17) is 4.98 Å². The molecule has 3 heterocycles. The van der Waals surface area contributed by atoms with Crippen LogP contribution in [0.15, 0.2) is 35.7 Å². The van der Waals surface area contributed by atoms with Crippen LogP contribution in [0.25, 0.3) is 10.6 Å². The number of fused-ring (bicyclic) bond motifs is 1. The van der Waals surface area contributed by atoms with Crippen LogP contribution in [-0.2, 0) is 16.0 Å². The number of hydrogen-bond donors (Lipinski definition) is 1. The molecule has 2 saturated heterocycles. The number of hydrogen-bond acceptors (Lipinski definition) is 5. The average Bonchev–Trinajstić information content (AvgIpc) is 3.28. The highest BCUT2D eigenvalue weighted by Gasteiger charge is 2.25. The Morgan fingerprint density at radius 1 is 1.03 bits per heavy atom. The van der Waals surface area contributed by atoms with Gasteiger partial charge in [0.05, 0.1) is 12.1 Å². The van der Waals surface area contributed by atoms with Crippen molar-refractivity contribution >= 4 is 23.2 Å². The lowest BCUT2D eigenvalue weighted by Crippen LogP contribution is -2.43. The summed E-state index contributed by atoms with van der Waals surface area (Å²) in [4.78, 5) is 34.6. The highest BCUT2D eigenvalue weighted by Crippen LogP contribution is 2.24. The number of piperidine rings is 1. The summed E-state index contributed by atoms with van der Waals surface area (Å²) in [6.45, 7) is 4.20. The van der Waals surface area contributed by atoms with Crippen molar-refractivity contribution in [3.63, 3.8) is 0 Å². The fourth-order valence-electron chi connectivity index (χ4n) is 4.72. The smallest absolute Gasteiger partial charge is 0.228 e. The van der Waals surface area contributed by atoms with Gasteiger partial charge in [0.1, 0.15) is 5.01 Å². The Morgan fingerprint density at radius 2 is 1.78 bits per heavy atom. The molecule has 1 N–H and O–H groups in total. The van der Waals surface area contributed by atoms with Gasteiger partial charge in [-0.1, -0.05) is 36.8 Å². The van der Waals surface area contributed by atoms with Crippen LogP contribution in [-0.4, -0.2) is 65.4 Å². The van der Waals surface area contributed by atoms with Gasteiger partial charge in [0.2, 0.25) is 11.8 Å². The molecule has 7 heteroatoms. The van der Waals surface area contributed by atoms with Crippen molar-refractivity contribution in [2.45, 2.75) is 57.4 Å². The van der Waals surface area contributed by atoms with E-state index in [1.54, 1.807) is 11.3 Å². The molecule has 0 aliphatic carbocycles. The van der Waals surface area contributed by atoms with Gasteiger partial charge in [-0.15, -0.1) is 11.3 Å². The number of aromatic nitrogens is 1.